The van der Waals surface area contributed by atoms with Gasteiger partial charge in [-0.05, 0) is 49.7 Å². The molecule has 0 saturated heterocycles. The highest BCUT2D eigenvalue weighted by atomic mass is 35.5. The number of hydrogen-bond acceptors (Lipinski definition) is 1. The van der Waals surface area contributed by atoms with Crippen molar-refractivity contribution in [3.8, 4) is 0 Å². The predicted octanol–water partition coefficient (Wildman–Crippen LogP) is 3.42. The minimum Gasteiger partial charge on any atom is -0.126 e. The molecular weight excluding hydrogens is 169 g/mol. The van der Waals surface area contributed by atoms with E-state index in [1.807, 2.05) is 13.8 Å². The summed E-state index contributed by atoms with van der Waals surface area (Å²) >= 11 is 11.2. The minimum atomic E-state index is -0.114. The molecule has 0 fully saturated rings. The van der Waals surface area contributed by atoms with E-state index in [4.69, 9.17) is 23.6 Å². The smallest absolute Gasteiger partial charge is 0.0472 e. The molecule has 0 N–H and O–H groups in total. The summed E-state index contributed by atoms with van der Waals surface area (Å²) < 4.78 is 1.23. The average molecular weight is 184 g/mol. The molecule has 0 aromatic carbocycles. The lowest BCUT2D eigenvalue weighted by molar-refractivity contribution is 0.287. The van der Waals surface area contributed by atoms with Crippen LogP contribution in [0.4, 0.5) is 0 Å². The second kappa shape index (κ2) is 3.80. The molecule has 0 amide bonds. The van der Waals surface area contributed by atoms with Crippen LogP contribution in [0.3, 0.4) is 0 Å². The highest BCUT2D eigenvalue weighted by Crippen LogP contribution is 2.26. The average Bonchev–Trinajstić information content (AvgIpc) is 1.60. The summed E-state index contributed by atoms with van der Waals surface area (Å²) in [6.45, 7) is 8.35. The summed E-state index contributed by atoms with van der Waals surface area (Å²) in [5, 5.41) is 0. The van der Waals surface area contributed by atoms with Crippen molar-refractivity contribution in [3.05, 3.63) is 0 Å². The van der Waals surface area contributed by atoms with E-state index >= 15 is 0 Å². The predicted molar refractivity (Wildman–Crippen MR) is 47.1 cm³/mol. The van der Waals surface area contributed by atoms with Gasteiger partial charge >= 0.3 is 0 Å². The van der Waals surface area contributed by atoms with Gasteiger partial charge in [-0.3, -0.25) is 0 Å². The molecule has 3 heteroatoms. The third-order valence-corrected chi connectivity index (χ3v) is 2.28. The van der Waals surface area contributed by atoms with Crippen molar-refractivity contribution in [2.75, 3.05) is 0 Å². The van der Waals surface area contributed by atoms with Gasteiger partial charge in [-0.25, -0.2) is 0 Å². The molecule has 0 aromatic rings. The van der Waals surface area contributed by atoms with Crippen molar-refractivity contribution in [1.29, 1.82) is 0 Å². The Kier molecular flexibility index (Phi) is 4.00. The van der Waals surface area contributed by atoms with Gasteiger partial charge in [0.25, 0.3) is 0 Å². The summed E-state index contributed by atoms with van der Waals surface area (Å²) in [6, 6.07) is 0. The number of hydrogen-bond donors (Lipinski definition) is 0. The molecule has 0 saturated carbocycles. The highest BCUT2D eigenvalue weighted by molar-refractivity contribution is 6.34. The van der Waals surface area contributed by atoms with Gasteiger partial charge in [0.05, 0.1) is 0 Å². The number of rotatable bonds is 3. The maximum absolute atomic E-state index is 5.61. The van der Waals surface area contributed by atoms with Crippen LogP contribution in [0.25, 0.3) is 0 Å². The largest absolute Gasteiger partial charge is 0.126 e. The van der Waals surface area contributed by atoms with Crippen molar-refractivity contribution in [3.63, 3.8) is 0 Å². The molecule has 0 unspecified atom stereocenters. The lowest BCUT2D eigenvalue weighted by atomic mass is 9.94. The maximum Gasteiger partial charge on any atom is 0.0472 e. The van der Waals surface area contributed by atoms with Crippen molar-refractivity contribution in [2.24, 2.45) is 5.92 Å². The van der Waals surface area contributed by atoms with Crippen molar-refractivity contribution < 1.29 is 0 Å². The van der Waals surface area contributed by atoms with Gasteiger partial charge in [0.15, 0.2) is 0 Å². The van der Waals surface area contributed by atoms with Crippen molar-refractivity contribution in [1.82, 2.24) is 3.94 Å². The first kappa shape index (κ1) is 10.5. The van der Waals surface area contributed by atoms with Crippen LogP contribution in [0.15, 0.2) is 0 Å². The monoisotopic (exact) mass is 183 g/mol. The molecule has 0 aromatic heterocycles. The molecule has 0 radical (unpaired) electrons. The zero-order valence-corrected chi connectivity index (χ0v) is 8.50. The Morgan fingerprint density at radius 3 is 1.80 bits per heavy atom. The van der Waals surface area contributed by atoms with Crippen molar-refractivity contribution >= 4 is 23.6 Å². The Morgan fingerprint density at radius 1 is 1.30 bits per heavy atom. The number of halogens is 2. The first-order valence-corrected chi connectivity index (χ1v) is 4.15. The van der Waals surface area contributed by atoms with Gasteiger partial charge in [0.2, 0.25) is 0 Å². The normalized spacial score (nSPS) is 13.2. The molecule has 0 atom stereocenters. The Labute approximate surface area is 73.5 Å². The Hall–Kier alpha value is 0.540. The zero-order chi connectivity index (χ0) is 8.36. The fourth-order valence-electron chi connectivity index (χ4n) is 1.07. The summed E-state index contributed by atoms with van der Waals surface area (Å²) in [5.74, 6) is 0.620. The van der Waals surface area contributed by atoms with E-state index in [1.165, 1.54) is 3.94 Å². The Bertz CT molecular complexity index is 99.8. The molecule has 62 valence electrons. The molecule has 0 aliphatic carbocycles. The van der Waals surface area contributed by atoms with E-state index in [0.717, 1.165) is 6.42 Å². The minimum absolute atomic E-state index is 0.114. The quantitative estimate of drug-likeness (QED) is 0.607. The lowest BCUT2D eigenvalue weighted by Crippen LogP contribution is -2.32. The maximum atomic E-state index is 5.61. The summed E-state index contributed by atoms with van der Waals surface area (Å²) in [6.07, 6.45) is 1.00. The van der Waals surface area contributed by atoms with E-state index in [0.29, 0.717) is 5.92 Å². The standard InChI is InChI=1S/C7H15Cl2N/c1-6(2)5-7(3,4)10(8)9/h6H,5H2,1-4H3. The van der Waals surface area contributed by atoms with E-state index in [-0.39, 0.29) is 5.54 Å². The third kappa shape index (κ3) is 3.65. The van der Waals surface area contributed by atoms with Gasteiger partial charge in [-0.1, -0.05) is 13.8 Å². The summed E-state index contributed by atoms with van der Waals surface area (Å²) in [5.41, 5.74) is -0.114. The molecule has 0 spiro atoms. The molecule has 0 rings (SSSR count). The van der Waals surface area contributed by atoms with Crippen LogP contribution in [0.1, 0.15) is 34.1 Å². The molecule has 1 nitrogen and oxygen atoms in total. The second-order valence-electron chi connectivity index (χ2n) is 3.64. The highest BCUT2D eigenvalue weighted by Gasteiger charge is 2.24. The summed E-state index contributed by atoms with van der Waals surface area (Å²) in [4.78, 5) is 0. The molecular formula is C7H15Cl2N. The first-order chi connectivity index (χ1) is 4.36. The lowest BCUT2D eigenvalue weighted by Gasteiger charge is -2.28. The van der Waals surface area contributed by atoms with Crippen LogP contribution in [0, 0.1) is 5.92 Å². The van der Waals surface area contributed by atoms with Crippen LogP contribution in [-0.2, 0) is 0 Å². The van der Waals surface area contributed by atoms with Crippen LogP contribution < -0.4 is 0 Å². The Morgan fingerprint density at radius 2 is 1.70 bits per heavy atom. The molecule has 0 heterocycles. The van der Waals surface area contributed by atoms with Gasteiger partial charge in [-0.15, -0.1) is 3.94 Å². The fraction of sp³-hybridized carbons (Fsp3) is 1.00. The third-order valence-electron chi connectivity index (χ3n) is 1.37. The SMILES string of the molecule is CC(C)CC(C)(C)N(Cl)Cl. The molecule has 0 aliphatic heterocycles. The zero-order valence-electron chi connectivity index (χ0n) is 6.99. The van der Waals surface area contributed by atoms with Crippen LogP contribution in [-0.4, -0.2) is 9.48 Å². The van der Waals surface area contributed by atoms with Gasteiger partial charge in [-0.2, -0.15) is 0 Å². The van der Waals surface area contributed by atoms with E-state index < -0.39 is 0 Å². The number of nitrogens with zero attached hydrogens (tertiary/aromatic N) is 1. The first-order valence-electron chi connectivity index (χ1n) is 3.48. The van der Waals surface area contributed by atoms with Gasteiger partial charge < -0.3 is 0 Å². The van der Waals surface area contributed by atoms with E-state index in [1.54, 1.807) is 0 Å². The van der Waals surface area contributed by atoms with Gasteiger partial charge in [0, 0.05) is 5.54 Å². The van der Waals surface area contributed by atoms with Crippen LogP contribution in [0.2, 0.25) is 0 Å². The van der Waals surface area contributed by atoms with Crippen LogP contribution >= 0.6 is 23.6 Å². The Balaban J connectivity index is 3.87. The van der Waals surface area contributed by atoms with Crippen LogP contribution in [0.5, 0.6) is 0 Å². The van der Waals surface area contributed by atoms with E-state index in [2.05, 4.69) is 13.8 Å². The van der Waals surface area contributed by atoms with Gasteiger partial charge in [0.1, 0.15) is 0 Å². The fourth-order valence-corrected chi connectivity index (χ4v) is 1.21. The van der Waals surface area contributed by atoms with Crippen molar-refractivity contribution in [2.45, 2.75) is 39.7 Å². The molecule has 0 aliphatic rings. The molecule has 10 heavy (non-hydrogen) atoms. The summed E-state index contributed by atoms with van der Waals surface area (Å²) in [7, 11) is 0. The van der Waals surface area contributed by atoms with E-state index in [9.17, 15) is 0 Å². The second-order valence-corrected chi connectivity index (χ2v) is 4.49. The topological polar surface area (TPSA) is 3.24 Å². The molecule has 0 bridgehead atoms.